The van der Waals surface area contributed by atoms with Crippen molar-refractivity contribution < 1.29 is 4.79 Å². The summed E-state index contributed by atoms with van der Waals surface area (Å²) in [6, 6.07) is 6.78. The first kappa shape index (κ1) is 16.3. The normalized spacial score (nSPS) is 11.0. The molecule has 3 aromatic rings. The minimum absolute atomic E-state index is 0.159. The minimum atomic E-state index is -0.221. The van der Waals surface area contributed by atoms with Crippen LogP contribution in [0.5, 0.6) is 0 Å². The number of carbonyl (C=O) groups is 1. The average molecular weight is 345 g/mol. The molecule has 1 amide bonds. The third kappa shape index (κ3) is 3.05. The van der Waals surface area contributed by atoms with E-state index < -0.39 is 0 Å². The molecule has 1 aromatic carbocycles. The maximum atomic E-state index is 12.4. The third-order valence-corrected chi connectivity index (χ3v) is 4.25. The van der Waals surface area contributed by atoms with Crippen molar-refractivity contribution in [3.05, 3.63) is 62.2 Å². The van der Waals surface area contributed by atoms with E-state index in [2.05, 4.69) is 15.4 Å². The highest BCUT2D eigenvalue weighted by atomic mass is 35.5. The zero-order chi connectivity index (χ0) is 17.4. The lowest BCUT2D eigenvalue weighted by atomic mass is 10.1. The molecule has 0 saturated heterocycles. The highest BCUT2D eigenvalue weighted by molar-refractivity contribution is 6.31. The molecule has 0 spiro atoms. The number of hydrogen-bond acceptors (Lipinski definition) is 3. The number of aromatic nitrogens is 3. The van der Waals surface area contributed by atoms with Gasteiger partial charge in [-0.25, -0.2) is 9.50 Å². The molecule has 0 aliphatic heterocycles. The van der Waals surface area contributed by atoms with Crippen LogP contribution in [0.25, 0.3) is 5.65 Å². The summed E-state index contributed by atoms with van der Waals surface area (Å²) < 4.78 is 1.60. The van der Waals surface area contributed by atoms with Gasteiger partial charge in [0.15, 0.2) is 5.65 Å². The van der Waals surface area contributed by atoms with Crippen LogP contribution in [0.2, 0.25) is 5.02 Å². The molecular weight excluding hydrogens is 328 g/mol. The Morgan fingerprint density at radius 3 is 2.79 bits per heavy atom. The van der Waals surface area contributed by atoms with Gasteiger partial charge in [-0.15, -0.1) is 0 Å². The molecule has 2 N–H and O–H groups in total. The lowest BCUT2D eigenvalue weighted by Gasteiger charge is -2.13. The number of H-pyrrole nitrogens is 1. The average Bonchev–Trinajstić information content (AvgIpc) is 2.88. The fraction of sp³-hybridized carbons (Fsp3) is 0.235. The number of fused-ring (bicyclic) bond motifs is 1. The van der Waals surface area contributed by atoms with Gasteiger partial charge in [-0.05, 0) is 38.5 Å². The number of halogens is 1. The highest BCUT2D eigenvalue weighted by Crippen LogP contribution is 2.21. The Kier molecular flexibility index (Phi) is 4.15. The zero-order valence-electron chi connectivity index (χ0n) is 13.6. The zero-order valence-corrected chi connectivity index (χ0v) is 14.4. The molecule has 0 fully saturated rings. The van der Waals surface area contributed by atoms with Crippen LogP contribution in [0.15, 0.2) is 29.1 Å². The van der Waals surface area contributed by atoms with E-state index >= 15 is 0 Å². The number of aryl methyl sites for hydroxylation is 3. The van der Waals surface area contributed by atoms with Crippen LogP contribution in [-0.4, -0.2) is 20.5 Å². The van der Waals surface area contributed by atoms with Crippen molar-refractivity contribution in [3.8, 4) is 0 Å². The van der Waals surface area contributed by atoms with Gasteiger partial charge in [-0.3, -0.25) is 14.7 Å². The Hall–Kier alpha value is -2.60. The Morgan fingerprint density at radius 1 is 1.29 bits per heavy atom. The van der Waals surface area contributed by atoms with Crippen molar-refractivity contribution in [3.63, 3.8) is 0 Å². The summed E-state index contributed by atoms with van der Waals surface area (Å²) in [5.41, 5.74) is 4.25. The van der Waals surface area contributed by atoms with Gasteiger partial charge in [0, 0.05) is 33.7 Å². The number of amides is 1. The molecule has 0 aliphatic carbocycles. The molecule has 124 valence electrons. The SMILES string of the molecule is Cc1ccc(Cl)cc1NC(=O)Cc1c(C)nc2cc(=O)[nH]n2c1C. The second-order valence-corrected chi connectivity index (χ2v) is 6.20. The molecule has 0 bridgehead atoms. The first-order valence-electron chi connectivity index (χ1n) is 7.49. The van der Waals surface area contributed by atoms with Crippen LogP contribution >= 0.6 is 11.6 Å². The topological polar surface area (TPSA) is 79.3 Å². The molecule has 2 heterocycles. The standard InChI is InChI=1S/C17H17ClN4O2/c1-9-4-5-12(18)6-14(9)20-16(23)7-13-10(2)19-15-8-17(24)21-22(15)11(13)3/h4-6,8H,7H2,1-3H3,(H,20,23)(H,21,24). The van der Waals surface area contributed by atoms with E-state index in [1.165, 1.54) is 6.07 Å². The van der Waals surface area contributed by atoms with Gasteiger partial charge in [0.05, 0.1) is 6.42 Å². The molecule has 0 radical (unpaired) electrons. The van der Waals surface area contributed by atoms with E-state index in [4.69, 9.17) is 11.6 Å². The lowest BCUT2D eigenvalue weighted by Crippen LogP contribution is -2.18. The predicted octanol–water partition coefficient (Wildman–Crippen LogP) is 2.78. The monoisotopic (exact) mass is 344 g/mol. The number of benzene rings is 1. The first-order chi connectivity index (χ1) is 11.3. The van der Waals surface area contributed by atoms with Crippen LogP contribution < -0.4 is 10.9 Å². The third-order valence-electron chi connectivity index (χ3n) is 4.01. The predicted molar refractivity (Wildman–Crippen MR) is 93.8 cm³/mol. The molecule has 6 nitrogen and oxygen atoms in total. The van der Waals surface area contributed by atoms with Crippen molar-refractivity contribution in [1.29, 1.82) is 0 Å². The Labute approximate surface area is 143 Å². The first-order valence-corrected chi connectivity index (χ1v) is 7.87. The summed E-state index contributed by atoms with van der Waals surface area (Å²) in [6.07, 6.45) is 0.159. The Morgan fingerprint density at radius 2 is 2.04 bits per heavy atom. The fourth-order valence-corrected chi connectivity index (χ4v) is 2.87. The largest absolute Gasteiger partial charge is 0.326 e. The number of aromatic amines is 1. The number of anilines is 1. The van der Waals surface area contributed by atoms with Crippen LogP contribution in [0.3, 0.4) is 0 Å². The van der Waals surface area contributed by atoms with Crippen molar-refractivity contribution >= 4 is 28.8 Å². The summed E-state index contributed by atoms with van der Waals surface area (Å²) >= 11 is 5.98. The maximum Gasteiger partial charge on any atom is 0.266 e. The van der Waals surface area contributed by atoms with Gasteiger partial charge < -0.3 is 5.32 Å². The molecule has 0 aliphatic rings. The lowest BCUT2D eigenvalue weighted by molar-refractivity contribution is -0.115. The maximum absolute atomic E-state index is 12.4. The molecular formula is C17H17ClN4O2. The summed E-state index contributed by atoms with van der Waals surface area (Å²) in [5.74, 6) is -0.165. The van der Waals surface area contributed by atoms with Crippen LogP contribution in [0.4, 0.5) is 5.69 Å². The van der Waals surface area contributed by atoms with E-state index in [9.17, 15) is 9.59 Å². The summed E-state index contributed by atoms with van der Waals surface area (Å²) in [5, 5.41) is 6.12. The number of carbonyl (C=O) groups excluding carboxylic acids is 1. The smallest absolute Gasteiger partial charge is 0.266 e. The molecule has 7 heteroatoms. The number of nitrogens with one attached hydrogen (secondary N) is 2. The van der Waals surface area contributed by atoms with Crippen LogP contribution in [-0.2, 0) is 11.2 Å². The van der Waals surface area contributed by atoms with E-state index in [-0.39, 0.29) is 17.9 Å². The summed E-state index contributed by atoms with van der Waals surface area (Å²) in [6.45, 7) is 5.59. The van der Waals surface area contributed by atoms with Crippen molar-refractivity contribution in [2.24, 2.45) is 0 Å². The number of hydrogen-bond donors (Lipinski definition) is 2. The summed E-state index contributed by atoms with van der Waals surface area (Å²) in [7, 11) is 0. The molecule has 0 saturated carbocycles. The molecule has 24 heavy (non-hydrogen) atoms. The fourth-order valence-electron chi connectivity index (χ4n) is 2.70. The van der Waals surface area contributed by atoms with Crippen molar-refractivity contribution in [2.45, 2.75) is 27.2 Å². The minimum Gasteiger partial charge on any atom is -0.326 e. The molecule has 0 unspecified atom stereocenters. The molecule has 2 aromatic heterocycles. The van der Waals surface area contributed by atoms with E-state index in [1.54, 1.807) is 16.6 Å². The Balaban J connectivity index is 1.90. The number of rotatable bonds is 3. The van der Waals surface area contributed by atoms with Gasteiger partial charge in [0.2, 0.25) is 5.91 Å². The second kappa shape index (κ2) is 6.13. The van der Waals surface area contributed by atoms with E-state index in [0.29, 0.717) is 16.4 Å². The molecule has 3 rings (SSSR count). The van der Waals surface area contributed by atoms with Gasteiger partial charge in [-0.2, -0.15) is 0 Å². The second-order valence-electron chi connectivity index (χ2n) is 5.76. The molecule has 0 atom stereocenters. The Bertz CT molecular complexity index is 1000. The van der Waals surface area contributed by atoms with Crippen molar-refractivity contribution in [2.75, 3.05) is 5.32 Å². The van der Waals surface area contributed by atoms with E-state index in [1.807, 2.05) is 26.8 Å². The van der Waals surface area contributed by atoms with Crippen molar-refractivity contribution in [1.82, 2.24) is 14.6 Å². The van der Waals surface area contributed by atoms with E-state index in [0.717, 1.165) is 22.5 Å². The van der Waals surface area contributed by atoms with Gasteiger partial charge >= 0.3 is 0 Å². The van der Waals surface area contributed by atoms with Gasteiger partial charge in [0.25, 0.3) is 5.56 Å². The van der Waals surface area contributed by atoms with Gasteiger partial charge in [-0.1, -0.05) is 17.7 Å². The van der Waals surface area contributed by atoms with Gasteiger partial charge in [0.1, 0.15) is 0 Å². The van der Waals surface area contributed by atoms with Crippen LogP contribution in [0, 0.1) is 20.8 Å². The van der Waals surface area contributed by atoms with Crippen LogP contribution in [0.1, 0.15) is 22.5 Å². The quantitative estimate of drug-likeness (QED) is 0.766. The highest BCUT2D eigenvalue weighted by Gasteiger charge is 2.15. The number of nitrogens with zero attached hydrogens (tertiary/aromatic N) is 2. The summed E-state index contributed by atoms with van der Waals surface area (Å²) in [4.78, 5) is 28.3.